The van der Waals surface area contributed by atoms with Crippen molar-refractivity contribution in [2.24, 2.45) is 0 Å². The van der Waals surface area contributed by atoms with E-state index < -0.39 is 6.17 Å². The predicted octanol–water partition coefficient (Wildman–Crippen LogP) is -0.651. The summed E-state index contributed by atoms with van der Waals surface area (Å²) < 4.78 is 11.8. The third-order valence-corrected chi connectivity index (χ3v) is 2.26. The fraction of sp³-hybridized carbons (Fsp3) is 0.727. The Morgan fingerprint density at radius 2 is 1.50 bits per heavy atom. The molecule has 0 aromatic heterocycles. The Balaban J connectivity index is 0.000000245. The Morgan fingerprint density at radius 1 is 1.06 bits per heavy atom. The minimum Gasteiger partial charge on any atom is -0.351 e. The number of halogens is 1. The first-order chi connectivity index (χ1) is 8.53. The molecule has 0 atom stereocenters. The van der Waals surface area contributed by atoms with Crippen LogP contribution in [-0.2, 0) is 14.4 Å². The number of amides is 3. The SMILES string of the molecule is CN(C)C=O.O=CN1CC(F)C1.O=CN1CCC1. The minimum atomic E-state index is -0.759. The summed E-state index contributed by atoms with van der Waals surface area (Å²) >= 11 is 0. The summed E-state index contributed by atoms with van der Waals surface area (Å²) in [7, 11) is 3.38. The molecule has 18 heavy (non-hydrogen) atoms. The van der Waals surface area contributed by atoms with Crippen LogP contribution in [0, 0.1) is 0 Å². The second-order valence-electron chi connectivity index (χ2n) is 4.22. The Labute approximate surface area is 106 Å². The zero-order valence-corrected chi connectivity index (χ0v) is 10.8. The molecule has 0 unspecified atom stereocenters. The number of nitrogens with zero attached hydrogens (tertiary/aromatic N) is 3. The van der Waals surface area contributed by atoms with Gasteiger partial charge in [-0.3, -0.25) is 14.4 Å². The Bertz CT molecular complexity index is 254. The molecule has 2 fully saturated rings. The van der Waals surface area contributed by atoms with Gasteiger partial charge in [-0.25, -0.2) is 4.39 Å². The molecule has 0 radical (unpaired) electrons. The maximum absolute atomic E-state index is 11.8. The fourth-order valence-corrected chi connectivity index (χ4v) is 0.988. The molecular weight excluding hydrogens is 241 g/mol. The van der Waals surface area contributed by atoms with E-state index in [1.807, 2.05) is 0 Å². The first-order valence-corrected chi connectivity index (χ1v) is 5.68. The van der Waals surface area contributed by atoms with Crippen LogP contribution < -0.4 is 0 Å². The predicted molar refractivity (Wildman–Crippen MR) is 64.5 cm³/mol. The standard InChI is InChI=1S/C4H6FNO.C4H7NO.C3H7NO/c5-4-1-6(2-4)3-7;6-4-5-2-1-3-5;1-4(2)3-5/h3-4H,1-2H2;4H,1-3H2;3H,1-2H3. The molecule has 2 heterocycles. The topological polar surface area (TPSA) is 60.9 Å². The van der Waals surface area contributed by atoms with Gasteiger partial charge in [0, 0.05) is 27.2 Å². The highest BCUT2D eigenvalue weighted by Crippen LogP contribution is 2.06. The zero-order chi connectivity index (χ0) is 14.0. The van der Waals surface area contributed by atoms with Crippen molar-refractivity contribution in [3.8, 4) is 0 Å². The van der Waals surface area contributed by atoms with E-state index in [0.717, 1.165) is 25.9 Å². The van der Waals surface area contributed by atoms with Crippen LogP contribution in [0.25, 0.3) is 0 Å². The van der Waals surface area contributed by atoms with Gasteiger partial charge in [0.25, 0.3) is 0 Å². The van der Waals surface area contributed by atoms with E-state index in [1.54, 1.807) is 19.0 Å². The number of hydrogen-bond acceptors (Lipinski definition) is 3. The average molecular weight is 261 g/mol. The largest absolute Gasteiger partial charge is 0.351 e. The molecular formula is C11H20FN3O3. The molecule has 0 aromatic carbocycles. The maximum atomic E-state index is 11.8. The number of hydrogen-bond donors (Lipinski definition) is 0. The molecule has 0 bridgehead atoms. The summed E-state index contributed by atoms with van der Waals surface area (Å²) in [6, 6.07) is 0. The Kier molecular flexibility index (Phi) is 8.51. The number of rotatable bonds is 3. The maximum Gasteiger partial charge on any atom is 0.209 e. The van der Waals surface area contributed by atoms with Crippen molar-refractivity contribution in [1.82, 2.24) is 14.7 Å². The number of carbonyl (C=O) groups excluding carboxylic acids is 3. The van der Waals surface area contributed by atoms with Gasteiger partial charge in [0.1, 0.15) is 6.17 Å². The summed E-state index contributed by atoms with van der Waals surface area (Å²) in [6.07, 6.45) is 2.74. The van der Waals surface area contributed by atoms with E-state index in [1.165, 1.54) is 16.2 Å². The van der Waals surface area contributed by atoms with Gasteiger partial charge in [-0.2, -0.15) is 0 Å². The van der Waals surface area contributed by atoms with E-state index in [2.05, 4.69) is 0 Å². The van der Waals surface area contributed by atoms with E-state index in [9.17, 15) is 18.8 Å². The lowest BCUT2D eigenvalue weighted by atomic mass is 10.2. The lowest BCUT2D eigenvalue weighted by Gasteiger charge is -2.29. The Hall–Kier alpha value is -1.66. The first kappa shape index (κ1) is 16.3. The van der Waals surface area contributed by atoms with Crippen molar-refractivity contribution in [3.63, 3.8) is 0 Å². The monoisotopic (exact) mass is 261 g/mol. The van der Waals surface area contributed by atoms with Crippen LogP contribution >= 0.6 is 0 Å². The van der Waals surface area contributed by atoms with Crippen molar-refractivity contribution < 1.29 is 18.8 Å². The van der Waals surface area contributed by atoms with Crippen LogP contribution in [0.5, 0.6) is 0 Å². The third kappa shape index (κ3) is 7.59. The van der Waals surface area contributed by atoms with Crippen LogP contribution in [0.3, 0.4) is 0 Å². The minimum absolute atomic E-state index is 0.295. The second-order valence-corrected chi connectivity index (χ2v) is 4.22. The highest BCUT2D eigenvalue weighted by Gasteiger charge is 2.23. The Morgan fingerprint density at radius 3 is 1.56 bits per heavy atom. The molecule has 3 amide bonds. The number of alkyl halides is 1. The molecule has 2 rings (SSSR count). The molecule has 0 aromatic rings. The number of likely N-dealkylation sites (tertiary alicyclic amines) is 2. The van der Waals surface area contributed by atoms with Crippen LogP contribution in [0.15, 0.2) is 0 Å². The van der Waals surface area contributed by atoms with Gasteiger partial charge in [0.05, 0.1) is 13.1 Å². The van der Waals surface area contributed by atoms with Gasteiger partial charge in [0.15, 0.2) is 0 Å². The summed E-state index contributed by atoms with van der Waals surface area (Å²) in [5, 5.41) is 0. The van der Waals surface area contributed by atoms with Gasteiger partial charge in [-0.15, -0.1) is 0 Å². The molecule has 0 aliphatic carbocycles. The summed E-state index contributed by atoms with van der Waals surface area (Å²) in [5.41, 5.74) is 0. The fourth-order valence-electron chi connectivity index (χ4n) is 0.988. The van der Waals surface area contributed by atoms with Crippen LogP contribution in [0.2, 0.25) is 0 Å². The van der Waals surface area contributed by atoms with Crippen molar-refractivity contribution in [2.75, 3.05) is 40.3 Å². The molecule has 104 valence electrons. The van der Waals surface area contributed by atoms with E-state index >= 15 is 0 Å². The molecule has 2 saturated heterocycles. The van der Waals surface area contributed by atoms with Gasteiger partial charge in [-0.1, -0.05) is 0 Å². The van der Waals surface area contributed by atoms with Crippen molar-refractivity contribution in [1.29, 1.82) is 0 Å². The summed E-state index contributed by atoms with van der Waals surface area (Å²) in [5.74, 6) is 0. The highest BCUT2D eigenvalue weighted by atomic mass is 19.1. The molecule has 2 aliphatic heterocycles. The highest BCUT2D eigenvalue weighted by molar-refractivity contribution is 5.48. The lowest BCUT2D eigenvalue weighted by molar-refractivity contribution is -0.124. The summed E-state index contributed by atoms with van der Waals surface area (Å²) in [6.45, 7) is 2.54. The zero-order valence-electron chi connectivity index (χ0n) is 10.8. The molecule has 0 N–H and O–H groups in total. The van der Waals surface area contributed by atoms with Crippen LogP contribution in [-0.4, -0.2) is 80.4 Å². The first-order valence-electron chi connectivity index (χ1n) is 5.68. The summed E-state index contributed by atoms with van der Waals surface area (Å²) in [4.78, 5) is 33.4. The van der Waals surface area contributed by atoms with Gasteiger partial charge >= 0.3 is 0 Å². The average Bonchev–Trinajstić information content (AvgIpc) is 2.25. The number of carbonyl (C=O) groups is 3. The van der Waals surface area contributed by atoms with Gasteiger partial charge in [0.2, 0.25) is 19.2 Å². The normalized spacial score (nSPS) is 16.8. The lowest BCUT2D eigenvalue weighted by Crippen LogP contribution is -2.47. The quantitative estimate of drug-likeness (QED) is 0.634. The van der Waals surface area contributed by atoms with E-state index in [4.69, 9.17) is 0 Å². The van der Waals surface area contributed by atoms with Crippen molar-refractivity contribution >= 4 is 19.2 Å². The van der Waals surface area contributed by atoms with Crippen LogP contribution in [0.4, 0.5) is 4.39 Å². The molecule has 0 saturated carbocycles. The molecule has 6 nitrogen and oxygen atoms in total. The third-order valence-electron chi connectivity index (χ3n) is 2.26. The van der Waals surface area contributed by atoms with Gasteiger partial charge in [-0.05, 0) is 6.42 Å². The smallest absolute Gasteiger partial charge is 0.209 e. The van der Waals surface area contributed by atoms with Gasteiger partial charge < -0.3 is 14.7 Å². The van der Waals surface area contributed by atoms with Crippen molar-refractivity contribution in [2.45, 2.75) is 12.6 Å². The van der Waals surface area contributed by atoms with E-state index in [-0.39, 0.29) is 0 Å². The second kappa shape index (κ2) is 9.38. The van der Waals surface area contributed by atoms with E-state index in [0.29, 0.717) is 19.5 Å². The van der Waals surface area contributed by atoms with Crippen molar-refractivity contribution in [3.05, 3.63) is 0 Å². The molecule has 7 heteroatoms. The molecule has 0 spiro atoms. The molecule has 2 aliphatic rings. The van der Waals surface area contributed by atoms with Crippen LogP contribution in [0.1, 0.15) is 6.42 Å².